The van der Waals surface area contributed by atoms with Gasteiger partial charge < -0.3 is 15.2 Å². The van der Waals surface area contributed by atoms with Crippen LogP contribution in [0.1, 0.15) is 10.4 Å². The van der Waals surface area contributed by atoms with Gasteiger partial charge in [-0.15, -0.1) is 0 Å². The second kappa shape index (κ2) is 7.27. The predicted molar refractivity (Wildman–Crippen MR) is 69.9 cm³/mol. The number of hydrogen-bond donors (Lipinski definition) is 2. The summed E-state index contributed by atoms with van der Waals surface area (Å²) in [5.41, 5.74) is -0.0173. The van der Waals surface area contributed by atoms with Crippen LogP contribution in [0.2, 0.25) is 0 Å². The van der Waals surface area contributed by atoms with Crippen LogP contribution in [0.5, 0.6) is 0 Å². The third-order valence-electron chi connectivity index (χ3n) is 1.95. The Kier molecular flexibility index (Phi) is 5.99. The summed E-state index contributed by atoms with van der Waals surface area (Å²) >= 11 is 1.87. The number of rotatable bonds is 6. The summed E-state index contributed by atoms with van der Waals surface area (Å²) in [7, 11) is 0. The lowest BCUT2D eigenvalue weighted by atomic mass is 10.2. The van der Waals surface area contributed by atoms with E-state index in [9.17, 15) is 14.0 Å². The van der Waals surface area contributed by atoms with Gasteiger partial charge in [-0.1, -0.05) is 6.07 Å². The van der Waals surface area contributed by atoms with E-state index in [1.54, 1.807) is 6.07 Å². The molecular weight excluding hydrogens is 356 g/mol. The first-order valence-electron chi connectivity index (χ1n) is 5.04. The first kappa shape index (κ1) is 14.8. The van der Waals surface area contributed by atoms with Crippen LogP contribution in [-0.2, 0) is 9.53 Å². The highest BCUT2D eigenvalue weighted by molar-refractivity contribution is 14.1. The molecule has 0 saturated carbocycles. The van der Waals surface area contributed by atoms with Crippen molar-refractivity contribution >= 4 is 34.5 Å². The molecule has 5 nitrogen and oxygen atoms in total. The molecule has 0 unspecified atom stereocenters. The van der Waals surface area contributed by atoms with Gasteiger partial charge in [0.25, 0.3) is 5.91 Å². The maximum atomic E-state index is 13.4. The average Bonchev–Trinajstić information content (AvgIpc) is 2.27. The molecule has 7 heteroatoms. The third kappa shape index (κ3) is 4.57. The predicted octanol–water partition coefficient (Wildman–Crippen LogP) is 1.26. The molecule has 0 bridgehead atoms. The molecule has 0 radical (unpaired) electrons. The van der Waals surface area contributed by atoms with E-state index in [0.717, 1.165) is 0 Å². The van der Waals surface area contributed by atoms with Gasteiger partial charge in [0.15, 0.2) is 0 Å². The molecule has 1 rings (SSSR count). The highest BCUT2D eigenvalue weighted by Gasteiger charge is 2.14. The van der Waals surface area contributed by atoms with Crippen LogP contribution < -0.4 is 5.32 Å². The van der Waals surface area contributed by atoms with Crippen molar-refractivity contribution in [3.8, 4) is 0 Å². The third-order valence-corrected chi connectivity index (χ3v) is 2.85. The van der Waals surface area contributed by atoms with Gasteiger partial charge in [-0.05, 0) is 34.7 Å². The summed E-state index contributed by atoms with van der Waals surface area (Å²) in [5, 5.41) is 10.8. The zero-order chi connectivity index (χ0) is 13.5. The molecule has 0 aliphatic heterocycles. The molecule has 0 aromatic heterocycles. The quantitative estimate of drug-likeness (QED) is 0.587. The van der Waals surface area contributed by atoms with Crippen molar-refractivity contribution in [1.29, 1.82) is 0 Å². The molecule has 98 valence electrons. The molecule has 0 aliphatic carbocycles. The summed E-state index contributed by atoms with van der Waals surface area (Å²) < 4.78 is 18.7. The Bertz CT molecular complexity index is 432. The summed E-state index contributed by atoms with van der Waals surface area (Å²) in [6.07, 6.45) is 0. The van der Waals surface area contributed by atoms with Crippen molar-refractivity contribution < 1.29 is 23.8 Å². The lowest BCUT2D eigenvalue weighted by Gasteiger charge is -2.07. The van der Waals surface area contributed by atoms with Crippen molar-refractivity contribution in [2.45, 2.75) is 0 Å². The summed E-state index contributed by atoms with van der Waals surface area (Å²) in [5.74, 6) is -2.22. The van der Waals surface area contributed by atoms with Crippen molar-refractivity contribution in [3.63, 3.8) is 0 Å². The van der Waals surface area contributed by atoms with E-state index in [1.807, 2.05) is 22.6 Å². The fourth-order valence-corrected chi connectivity index (χ4v) is 1.91. The van der Waals surface area contributed by atoms with E-state index in [1.165, 1.54) is 12.1 Å². The highest BCUT2D eigenvalue weighted by Crippen LogP contribution is 2.15. The number of aliphatic carboxylic acids is 1. The highest BCUT2D eigenvalue weighted by atomic mass is 127. The van der Waals surface area contributed by atoms with Crippen molar-refractivity contribution in [2.75, 3.05) is 19.8 Å². The van der Waals surface area contributed by atoms with Crippen LogP contribution in [0.25, 0.3) is 0 Å². The van der Waals surface area contributed by atoms with E-state index in [2.05, 4.69) is 5.32 Å². The zero-order valence-corrected chi connectivity index (χ0v) is 11.4. The first-order valence-corrected chi connectivity index (χ1v) is 6.12. The number of hydrogen-bond acceptors (Lipinski definition) is 3. The molecule has 1 aromatic carbocycles. The van der Waals surface area contributed by atoms with Gasteiger partial charge >= 0.3 is 5.97 Å². The monoisotopic (exact) mass is 367 g/mol. The number of nitrogens with one attached hydrogen (secondary N) is 1. The van der Waals surface area contributed by atoms with Crippen LogP contribution in [0.15, 0.2) is 18.2 Å². The molecule has 1 aromatic rings. The van der Waals surface area contributed by atoms with Crippen LogP contribution in [0, 0.1) is 9.39 Å². The Balaban J connectivity index is 2.44. The van der Waals surface area contributed by atoms with Crippen LogP contribution in [-0.4, -0.2) is 36.7 Å². The molecule has 2 N–H and O–H groups in total. The summed E-state index contributed by atoms with van der Waals surface area (Å²) in [6, 6.07) is 4.35. The Morgan fingerprint density at radius 2 is 2.17 bits per heavy atom. The molecular formula is C11H11FINO4. The van der Waals surface area contributed by atoms with Gasteiger partial charge in [-0.3, -0.25) is 4.79 Å². The molecule has 1 amide bonds. The number of halogens is 2. The van der Waals surface area contributed by atoms with Gasteiger partial charge in [0.05, 0.1) is 12.2 Å². The second-order valence-electron chi connectivity index (χ2n) is 3.30. The Hall–Kier alpha value is -1.22. The SMILES string of the molecule is O=C(O)COCCNC(=O)c1c(F)cccc1I. The molecule has 0 spiro atoms. The lowest BCUT2D eigenvalue weighted by Crippen LogP contribution is -2.29. The number of carboxylic acid groups (broad SMARTS) is 1. The van der Waals surface area contributed by atoms with Gasteiger partial charge in [-0.2, -0.15) is 0 Å². The summed E-state index contributed by atoms with van der Waals surface area (Å²) in [6.45, 7) is -0.243. The van der Waals surface area contributed by atoms with Gasteiger partial charge in [-0.25, -0.2) is 9.18 Å². The fraction of sp³-hybridized carbons (Fsp3) is 0.273. The second-order valence-corrected chi connectivity index (χ2v) is 4.46. The lowest BCUT2D eigenvalue weighted by molar-refractivity contribution is -0.142. The van der Waals surface area contributed by atoms with E-state index >= 15 is 0 Å². The average molecular weight is 367 g/mol. The Labute approximate surface area is 116 Å². The molecule has 0 heterocycles. The van der Waals surface area contributed by atoms with Crippen LogP contribution >= 0.6 is 22.6 Å². The molecule has 0 atom stereocenters. The fourth-order valence-electron chi connectivity index (χ4n) is 1.20. The number of ether oxygens (including phenoxy) is 1. The van der Waals surface area contributed by atoms with Crippen LogP contribution in [0.3, 0.4) is 0 Å². The number of amides is 1. The summed E-state index contributed by atoms with van der Waals surface area (Å²) in [4.78, 5) is 21.8. The number of benzene rings is 1. The maximum Gasteiger partial charge on any atom is 0.329 e. The molecule has 0 fully saturated rings. The first-order chi connectivity index (χ1) is 8.52. The van der Waals surface area contributed by atoms with Crippen molar-refractivity contribution in [3.05, 3.63) is 33.1 Å². The van der Waals surface area contributed by atoms with Gasteiger partial charge in [0.1, 0.15) is 12.4 Å². The van der Waals surface area contributed by atoms with E-state index in [-0.39, 0.29) is 18.7 Å². The molecule has 0 saturated heterocycles. The van der Waals surface area contributed by atoms with E-state index in [4.69, 9.17) is 9.84 Å². The normalized spacial score (nSPS) is 10.1. The standard InChI is InChI=1S/C11H11FINO4/c12-7-2-1-3-8(13)10(7)11(17)14-4-5-18-6-9(15)16/h1-3H,4-6H2,(H,14,17)(H,15,16). The number of carbonyl (C=O) groups excluding carboxylic acids is 1. The molecule has 0 aliphatic rings. The topological polar surface area (TPSA) is 75.6 Å². The van der Waals surface area contributed by atoms with Gasteiger partial charge in [0.2, 0.25) is 0 Å². The minimum absolute atomic E-state index is 0.0173. The number of carbonyl (C=O) groups is 2. The zero-order valence-electron chi connectivity index (χ0n) is 9.28. The molecule has 18 heavy (non-hydrogen) atoms. The smallest absolute Gasteiger partial charge is 0.329 e. The minimum atomic E-state index is -1.08. The maximum absolute atomic E-state index is 13.4. The van der Waals surface area contributed by atoms with Crippen molar-refractivity contribution in [2.24, 2.45) is 0 Å². The van der Waals surface area contributed by atoms with E-state index in [0.29, 0.717) is 3.57 Å². The van der Waals surface area contributed by atoms with E-state index < -0.39 is 24.3 Å². The number of carboxylic acids is 1. The minimum Gasteiger partial charge on any atom is -0.480 e. The van der Waals surface area contributed by atoms with Crippen molar-refractivity contribution in [1.82, 2.24) is 5.32 Å². The largest absolute Gasteiger partial charge is 0.480 e. The van der Waals surface area contributed by atoms with Gasteiger partial charge in [0, 0.05) is 10.1 Å². The Morgan fingerprint density at radius 3 is 2.78 bits per heavy atom. The van der Waals surface area contributed by atoms with Crippen LogP contribution in [0.4, 0.5) is 4.39 Å². The Morgan fingerprint density at radius 1 is 1.44 bits per heavy atom.